The lowest BCUT2D eigenvalue weighted by Gasteiger charge is -2.24. The smallest absolute Gasteiger partial charge is 0.382 e. The molecule has 3 aromatic rings. The molecule has 2 fully saturated rings. The number of anilines is 1. The fourth-order valence-corrected chi connectivity index (χ4v) is 6.06. The third-order valence-electron chi connectivity index (χ3n) is 7.43. The van der Waals surface area contributed by atoms with Gasteiger partial charge in [0, 0.05) is 25.2 Å². The number of alkyl halides is 3. The van der Waals surface area contributed by atoms with Gasteiger partial charge in [0.15, 0.2) is 5.82 Å². The fourth-order valence-electron chi connectivity index (χ4n) is 5.88. The molecule has 0 radical (unpaired) electrons. The predicted octanol–water partition coefficient (Wildman–Crippen LogP) is 4.89. The van der Waals surface area contributed by atoms with Crippen molar-refractivity contribution >= 4 is 23.2 Å². The number of carbonyl (C=O) groups is 1. The van der Waals surface area contributed by atoms with E-state index in [1.165, 1.54) is 18.2 Å². The summed E-state index contributed by atoms with van der Waals surface area (Å²) in [6, 6.07) is 3.90. The molecule has 2 aliphatic carbocycles. The number of rotatable bonds is 5. The van der Waals surface area contributed by atoms with Crippen LogP contribution in [0.2, 0.25) is 5.02 Å². The van der Waals surface area contributed by atoms with Crippen LogP contribution in [0.1, 0.15) is 66.4 Å². The van der Waals surface area contributed by atoms with Crippen LogP contribution < -0.4 is 5.32 Å². The number of benzene rings is 1. The van der Waals surface area contributed by atoms with Gasteiger partial charge in [-0.15, -0.1) is 5.10 Å². The fraction of sp³-hybridized carbons (Fsp3) is 0.500. The summed E-state index contributed by atoms with van der Waals surface area (Å²) in [6.45, 7) is 1.81. The second-order valence-electron chi connectivity index (χ2n) is 9.87. The summed E-state index contributed by atoms with van der Waals surface area (Å²) in [5.41, 5.74) is -0.183. The molecule has 2 atom stereocenters. The number of amides is 1. The standard InChI is InChI=1S/C24H25ClF4N6O2/c1-3-35-22(32-21(33-35)24(27,28)29)23(37)9-13-6-12(7-14(13)10-23)18-19(34(2)11-30-18)20(36)31-15-4-5-17(26)16(25)8-15/h4-5,8,11-14,37H,3,6-7,9-10H2,1-2H3,(H,31,36). The van der Waals surface area contributed by atoms with Crippen LogP contribution in [0.3, 0.4) is 0 Å². The Labute approximate surface area is 214 Å². The summed E-state index contributed by atoms with van der Waals surface area (Å²) in [4.78, 5) is 21.3. The second kappa shape index (κ2) is 9.09. The average molecular weight is 541 g/mol. The van der Waals surface area contributed by atoms with E-state index in [0.717, 1.165) is 4.68 Å². The van der Waals surface area contributed by atoms with Crippen molar-refractivity contribution in [1.82, 2.24) is 24.3 Å². The molecular weight excluding hydrogens is 516 g/mol. The van der Waals surface area contributed by atoms with Gasteiger partial charge in [0.25, 0.3) is 11.7 Å². The van der Waals surface area contributed by atoms with E-state index in [1.54, 1.807) is 24.9 Å². The lowest BCUT2D eigenvalue weighted by Crippen LogP contribution is -2.28. The topological polar surface area (TPSA) is 97.9 Å². The third kappa shape index (κ3) is 4.61. The number of fused-ring (bicyclic) bond motifs is 1. The molecule has 0 aliphatic heterocycles. The number of aliphatic hydroxyl groups is 1. The highest BCUT2D eigenvalue weighted by Crippen LogP contribution is 2.56. The van der Waals surface area contributed by atoms with Crippen molar-refractivity contribution < 1.29 is 27.5 Å². The van der Waals surface area contributed by atoms with Gasteiger partial charge in [-0.3, -0.25) is 4.79 Å². The molecule has 1 aromatic carbocycles. The van der Waals surface area contributed by atoms with Crippen LogP contribution in [-0.4, -0.2) is 35.3 Å². The highest BCUT2D eigenvalue weighted by molar-refractivity contribution is 6.31. The summed E-state index contributed by atoms with van der Waals surface area (Å²) in [5.74, 6) is -2.32. The van der Waals surface area contributed by atoms with Crippen molar-refractivity contribution in [2.45, 2.75) is 56.8 Å². The zero-order valence-corrected chi connectivity index (χ0v) is 20.8. The number of nitrogens with one attached hydrogen (secondary N) is 1. The summed E-state index contributed by atoms with van der Waals surface area (Å²) in [7, 11) is 1.70. The Bertz CT molecular complexity index is 1340. The first kappa shape index (κ1) is 25.7. The van der Waals surface area contributed by atoms with Crippen molar-refractivity contribution in [2.75, 3.05) is 5.32 Å². The van der Waals surface area contributed by atoms with Crippen LogP contribution in [0.15, 0.2) is 24.5 Å². The zero-order valence-electron chi connectivity index (χ0n) is 20.1. The normalized spacial score (nSPS) is 25.5. The number of nitrogens with zero attached hydrogens (tertiary/aromatic N) is 5. The van der Waals surface area contributed by atoms with E-state index in [2.05, 4.69) is 20.4 Å². The maximum atomic E-state index is 13.5. The average Bonchev–Trinajstić information content (AvgIpc) is 3.56. The minimum Gasteiger partial charge on any atom is -0.382 e. The van der Waals surface area contributed by atoms with Crippen LogP contribution in [0, 0.1) is 17.7 Å². The maximum Gasteiger partial charge on any atom is 0.453 e. The van der Waals surface area contributed by atoms with Crippen LogP contribution in [-0.2, 0) is 25.4 Å². The number of carbonyl (C=O) groups excluding carboxylic acids is 1. The summed E-state index contributed by atoms with van der Waals surface area (Å²) < 4.78 is 55.8. The molecule has 0 saturated heterocycles. The highest BCUT2D eigenvalue weighted by Gasteiger charge is 2.53. The molecule has 2 heterocycles. The lowest BCUT2D eigenvalue weighted by atomic mass is 9.91. The molecule has 0 bridgehead atoms. The Morgan fingerprint density at radius 1 is 1.27 bits per heavy atom. The van der Waals surface area contributed by atoms with Crippen LogP contribution >= 0.6 is 11.6 Å². The Hall–Kier alpha value is -2.99. The molecule has 2 aliphatic rings. The van der Waals surface area contributed by atoms with Gasteiger partial charge in [-0.2, -0.15) is 13.2 Å². The van der Waals surface area contributed by atoms with Gasteiger partial charge in [0.05, 0.1) is 17.0 Å². The molecule has 2 unspecified atom stereocenters. The van der Waals surface area contributed by atoms with E-state index in [1.807, 2.05) is 0 Å². The van der Waals surface area contributed by atoms with E-state index in [9.17, 15) is 27.5 Å². The van der Waals surface area contributed by atoms with E-state index in [-0.39, 0.29) is 48.0 Å². The second-order valence-corrected chi connectivity index (χ2v) is 10.3. The Morgan fingerprint density at radius 3 is 2.54 bits per heavy atom. The molecule has 8 nitrogen and oxygen atoms in total. The molecule has 2 aromatic heterocycles. The Kier molecular flexibility index (Phi) is 6.30. The first-order valence-electron chi connectivity index (χ1n) is 11.9. The molecule has 1 amide bonds. The van der Waals surface area contributed by atoms with Gasteiger partial charge < -0.3 is 15.0 Å². The molecule has 2 N–H and O–H groups in total. The van der Waals surface area contributed by atoms with E-state index in [0.29, 0.717) is 29.9 Å². The number of halogens is 5. The maximum absolute atomic E-state index is 13.5. The van der Waals surface area contributed by atoms with Gasteiger partial charge in [-0.25, -0.2) is 19.0 Å². The number of aryl methyl sites for hydroxylation is 2. The summed E-state index contributed by atoms with van der Waals surface area (Å²) >= 11 is 5.82. The SMILES string of the molecule is CCn1nc(C(F)(F)F)nc1C1(O)CC2CC(c3ncn(C)c3C(=O)Nc3ccc(F)c(Cl)c3)CC2C1. The molecule has 5 rings (SSSR count). The van der Waals surface area contributed by atoms with Gasteiger partial charge >= 0.3 is 6.18 Å². The van der Waals surface area contributed by atoms with Gasteiger partial charge in [0.2, 0.25) is 0 Å². The van der Waals surface area contributed by atoms with Crippen molar-refractivity contribution in [3.8, 4) is 0 Å². The third-order valence-corrected chi connectivity index (χ3v) is 7.72. The Morgan fingerprint density at radius 2 is 1.95 bits per heavy atom. The first-order chi connectivity index (χ1) is 17.4. The molecule has 2 saturated carbocycles. The van der Waals surface area contributed by atoms with Gasteiger partial charge in [-0.1, -0.05) is 11.6 Å². The van der Waals surface area contributed by atoms with E-state index >= 15 is 0 Å². The van der Waals surface area contributed by atoms with Crippen LogP contribution in [0.25, 0.3) is 0 Å². The van der Waals surface area contributed by atoms with Crippen LogP contribution in [0.5, 0.6) is 0 Å². The van der Waals surface area contributed by atoms with Gasteiger partial charge in [-0.05, 0) is 62.6 Å². The summed E-state index contributed by atoms with van der Waals surface area (Å²) in [6.07, 6.45) is -1.38. The summed E-state index contributed by atoms with van der Waals surface area (Å²) in [5, 5.41) is 17.5. The monoisotopic (exact) mass is 540 g/mol. The van der Waals surface area contributed by atoms with Crippen LogP contribution in [0.4, 0.5) is 23.2 Å². The first-order valence-corrected chi connectivity index (χ1v) is 12.3. The largest absolute Gasteiger partial charge is 0.453 e. The lowest BCUT2D eigenvalue weighted by molar-refractivity contribution is -0.145. The molecule has 13 heteroatoms. The Balaban J connectivity index is 1.33. The minimum atomic E-state index is -4.69. The number of hydrogen-bond donors (Lipinski definition) is 2. The quantitative estimate of drug-likeness (QED) is 0.449. The number of hydrogen-bond acceptors (Lipinski definition) is 5. The van der Waals surface area contributed by atoms with E-state index in [4.69, 9.17) is 11.6 Å². The molecule has 0 spiro atoms. The van der Waals surface area contributed by atoms with Crippen molar-refractivity contribution in [3.05, 3.63) is 58.4 Å². The van der Waals surface area contributed by atoms with Gasteiger partial charge in [0.1, 0.15) is 17.1 Å². The van der Waals surface area contributed by atoms with Crippen molar-refractivity contribution in [2.24, 2.45) is 18.9 Å². The minimum absolute atomic E-state index is 0.0279. The molecule has 198 valence electrons. The number of aromatic nitrogens is 5. The predicted molar refractivity (Wildman–Crippen MR) is 125 cm³/mol. The molecular formula is C24H25ClF4N6O2. The number of imidazole rings is 1. The highest BCUT2D eigenvalue weighted by atomic mass is 35.5. The van der Waals surface area contributed by atoms with Crippen molar-refractivity contribution in [1.29, 1.82) is 0 Å². The van der Waals surface area contributed by atoms with Crippen molar-refractivity contribution in [3.63, 3.8) is 0 Å². The van der Waals surface area contributed by atoms with E-state index < -0.39 is 29.3 Å². The molecule has 37 heavy (non-hydrogen) atoms. The zero-order chi connectivity index (χ0) is 26.7.